The lowest BCUT2D eigenvalue weighted by molar-refractivity contribution is -0.233. The van der Waals surface area contributed by atoms with Crippen LogP contribution in [0.25, 0.3) is 22.5 Å². The van der Waals surface area contributed by atoms with Gasteiger partial charge < -0.3 is 19.8 Å². The van der Waals surface area contributed by atoms with Gasteiger partial charge in [0.2, 0.25) is 6.29 Å². The van der Waals surface area contributed by atoms with E-state index in [1.54, 1.807) is 43.6 Å². The zero-order valence-corrected chi connectivity index (χ0v) is 17.4. The Hall–Kier alpha value is -3.31. The Labute approximate surface area is 186 Å². The van der Waals surface area contributed by atoms with Gasteiger partial charge in [0.15, 0.2) is 5.82 Å². The quantitative estimate of drug-likeness (QED) is 0.557. The molecule has 1 aliphatic rings. The molecular formula is C22H20F4N4O3. The SMILES string of the molecule is CC1(CNC(=O)C(F)(F)F)COC(c2nc(-c3ccc(F)cc3)c(-c3ccncc3)[nH]2)OC1. The van der Waals surface area contributed by atoms with E-state index in [1.165, 1.54) is 12.1 Å². The largest absolute Gasteiger partial charge is 0.471 e. The topological polar surface area (TPSA) is 89.1 Å². The van der Waals surface area contributed by atoms with E-state index in [2.05, 4.69) is 15.0 Å². The number of ether oxygens (including phenoxy) is 2. The van der Waals surface area contributed by atoms with E-state index in [1.807, 2.05) is 5.32 Å². The number of carbonyl (C=O) groups excluding carboxylic acids is 1. The summed E-state index contributed by atoms with van der Waals surface area (Å²) in [6.45, 7) is 1.45. The molecule has 7 nitrogen and oxygen atoms in total. The monoisotopic (exact) mass is 464 g/mol. The van der Waals surface area contributed by atoms with Crippen molar-refractivity contribution < 1.29 is 31.8 Å². The predicted molar refractivity (Wildman–Crippen MR) is 109 cm³/mol. The molecule has 3 heterocycles. The second kappa shape index (κ2) is 8.91. The number of alkyl halides is 3. The summed E-state index contributed by atoms with van der Waals surface area (Å²) in [4.78, 5) is 22.9. The van der Waals surface area contributed by atoms with E-state index in [-0.39, 0.29) is 25.6 Å². The average Bonchev–Trinajstić information content (AvgIpc) is 3.24. The van der Waals surface area contributed by atoms with Crippen LogP contribution >= 0.6 is 0 Å². The molecule has 0 atom stereocenters. The number of hydrogen-bond donors (Lipinski definition) is 2. The summed E-state index contributed by atoms with van der Waals surface area (Å²) in [7, 11) is 0. The van der Waals surface area contributed by atoms with Gasteiger partial charge >= 0.3 is 12.1 Å². The Bertz CT molecular complexity index is 1110. The lowest BCUT2D eigenvalue weighted by Gasteiger charge is -2.36. The number of pyridine rings is 1. The summed E-state index contributed by atoms with van der Waals surface area (Å²) in [5, 5.41) is 1.86. The first-order valence-electron chi connectivity index (χ1n) is 9.99. The molecule has 0 spiro atoms. The first kappa shape index (κ1) is 22.9. The summed E-state index contributed by atoms with van der Waals surface area (Å²) in [6.07, 6.45) is -2.60. The highest BCUT2D eigenvalue weighted by Gasteiger charge is 2.41. The number of aromatic amines is 1. The van der Waals surface area contributed by atoms with Gasteiger partial charge in [0.05, 0.1) is 24.6 Å². The first-order valence-corrected chi connectivity index (χ1v) is 9.99. The average molecular weight is 464 g/mol. The van der Waals surface area contributed by atoms with E-state index in [9.17, 15) is 22.4 Å². The molecule has 1 saturated heterocycles. The summed E-state index contributed by atoms with van der Waals surface area (Å²) in [5.41, 5.74) is 1.81. The summed E-state index contributed by atoms with van der Waals surface area (Å²) in [5.74, 6) is -2.04. The van der Waals surface area contributed by atoms with Crippen LogP contribution < -0.4 is 5.32 Å². The van der Waals surface area contributed by atoms with Crippen molar-refractivity contribution in [3.8, 4) is 22.5 Å². The molecule has 2 N–H and O–H groups in total. The number of halogens is 4. The number of carbonyl (C=O) groups is 1. The number of nitrogens with one attached hydrogen (secondary N) is 2. The van der Waals surface area contributed by atoms with Gasteiger partial charge in [0.25, 0.3) is 0 Å². The van der Waals surface area contributed by atoms with Crippen molar-refractivity contribution in [2.75, 3.05) is 19.8 Å². The molecule has 1 aliphatic heterocycles. The molecule has 4 rings (SSSR count). The van der Waals surface area contributed by atoms with Crippen LogP contribution in [0.5, 0.6) is 0 Å². The molecule has 0 unspecified atom stereocenters. The van der Waals surface area contributed by atoms with Crippen LogP contribution in [0.15, 0.2) is 48.8 Å². The van der Waals surface area contributed by atoms with Crippen molar-refractivity contribution in [2.45, 2.75) is 19.4 Å². The highest BCUT2D eigenvalue weighted by atomic mass is 19.4. The molecule has 0 saturated carbocycles. The molecule has 11 heteroatoms. The van der Waals surface area contributed by atoms with Crippen molar-refractivity contribution >= 4 is 5.91 Å². The summed E-state index contributed by atoms with van der Waals surface area (Å²) < 4.78 is 62.2. The maximum Gasteiger partial charge on any atom is 0.471 e. The number of hydrogen-bond acceptors (Lipinski definition) is 5. The number of amides is 1. The Kier molecular flexibility index (Phi) is 6.17. The van der Waals surface area contributed by atoms with Crippen molar-refractivity contribution in [3.05, 3.63) is 60.4 Å². The van der Waals surface area contributed by atoms with Crippen molar-refractivity contribution in [3.63, 3.8) is 0 Å². The third-order valence-corrected chi connectivity index (χ3v) is 5.13. The lowest BCUT2D eigenvalue weighted by Crippen LogP contribution is -2.48. The number of aromatic nitrogens is 3. The highest BCUT2D eigenvalue weighted by Crippen LogP contribution is 2.35. The minimum atomic E-state index is -4.95. The fourth-order valence-electron chi connectivity index (χ4n) is 3.34. The van der Waals surface area contributed by atoms with Gasteiger partial charge in [-0.25, -0.2) is 9.37 Å². The Morgan fingerprint density at radius 2 is 1.76 bits per heavy atom. The fourth-order valence-corrected chi connectivity index (χ4v) is 3.34. The minimum Gasteiger partial charge on any atom is -0.348 e. The summed E-state index contributed by atoms with van der Waals surface area (Å²) >= 11 is 0. The molecule has 174 valence electrons. The molecule has 1 fully saturated rings. The second-order valence-corrected chi connectivity index (χ2v) is 8.03. The number of rotatable bonds is 5. The molecule has 0 bridgehead atoms. The lowest BCUT2D eigenvalue weighted by atomic mass is 9.92. The Balaban J connectivity index is 1.53. The third kappa shape index (κ3) is 5.20. The van der Waals surface area contributed by atoms with Gasteiger partial charge in [0.1, 0.15) is 5.82 Å². The molecule has 2 aromatic heterocycles. The Morgan fingerprint density at radius 1 is 1.12 bits per heavy atom. The van der Waals surface area contributed by atoms with Crippen molar-refractivity contribution in [1.82, 2.24) is 20.3 Å². The third-order valence-electron chi connectivity index (χ3n) is 5.13. The van der Waals surface area contributed by atoms with Gasteiger partial charge in [-0.05, 0) is 36.4 Å². The normalized spacial score (nSPS) is 21.1. The van der Waals surface area contributed by atoms with E-state index < -0.39 is 23.8 Å². The minimum absolute atomic E-state index is 0.0347. The van der Waals surface area contributed by atoms with Crippen molar-refractivity contribution in [1.29, 1.82) is 0 Å². The van der Waals surface area contributed by atoms with Crippen LogP contribution in [0.4, 0.5) is 17.6 Å². The van der Waals surface area contributed by atoms with Crippen LogP contribution in [0, 0.1) is 11.2 Å². The molecular weight excluding hydrogens is 444 g/mol. The van der Waals surface area contributed by atoms with Crippen LogP contribution in [-0.2, 0) is 14.3 Å². The number of benzene rings is 1. The number of nitrogens with zero attached hydrogens (tertiary/aromatic N) is 2. The van der Waals surface area contributed by atoms with Gasteiger partial charge in [-0.15, -0.1) is 0 Å². The van der Waals surface area contributed by atoms with Gasteiger partial charge in [0, 0.05) is 35.5 Å². The highest BCUT2D eigenvalue weighted by molar-refractivity contribution is 5.81. The van der Waals surface area contributed by atoms with E-state index in [0.29, 0.717) is 22.8 Å². The van der Waals surface area contributed by atoms with Crippen LogP contribution in [0.3, 0.4) is 0 Å². The molecule has 33 heavy (non-hydrogen) atoms. The predicted octanol–water partition coefficient (Wildman–Crippen LogP) is 4.01. The zero-order valence-electron chi connectivity index (χ0n) is 17.4. The smallest absolute Gasteiger partial charge is 0.348 e. The van der Waals surface area contributed by atoms with Gasteiger partial charge in [-0.2, -0.15) is 13.2 Å². The Morgan fingerprint density at radius 3 is 2.36 bits per heavy atom. The van der Waals surface area contributed by atoms with E-state index in [0.717, 1.165) is 5.56 Å². The standard InChI is InChI=1S/C22H20F4N4O3/c1-21(10-28-20(31)22(24,25)26)11-32-19(33-12-21)18-29-16(13-2-4-15(23)5-3-13)17(30-18)14-6-8-27-9-7-14/h2-9,19H,10-12H2,1H3,(H,28,31)(H,29,30). The fraction of sp³-hybridized carbons (Fsp3) is 0.318. The van der Waals surface area contributed by atoms with E-state index in [4.69, 9.17) is 9.47 Å². The van der Waals surface area contributed by atoms with Crippen LogP contribution in [-0.4, -0.2) is 46.8 Å². The molecule has 1 aromatic carbocycles. The number of H-pyrrole nitrogens is 1. The van der Waals surface area contributed by atoms with Crippen LogP contribution in [0.1, 0.15) is 19.0 Å². The molecule has 1 amide bonds. The molecule has 0 aliphatic carbocycles. The van der Waals surface area contributed by atoms with Crippen LogP contribution in [0.2, 0.25) is 0 Å². The zero-order chi connectivity index (χ0) is 23.6. The first-order chi connectivity index (χ1) is 15.6. The second-order valence-electron chi connectivity index (χ2n) is 8.03. The maximum atomic E-state index is 13.4. The summed E-state index contributed by atoms with van der Waals surface area (Å²) in [6, 6.07) is 9.43. The number of imidazole rings is 1. The maximum absolute atomic E-state index is 13.4. The van der Waals surface area contributed by atoms with Gasteiger partial charge in [-0.3, -0.25) is 9.78 Å². The van der Waals surface area contributed by atoms with E-state index >= 15 is 0 Å². The van der Waals surface area contributed by atoms with Crippen molar-refractivity contribution in [2.24, 2.45) is 5.41 Å². The molecule has 3 aromatic rings. The molecule has 0 radical (unpaired) electrons. The van der Waals surface area contributed by atoms with Gasteiger partial charge in [-0.1, -0.05) is 6.92 Å².